The quantitative estimate of drug-likeness (QED) is 0.686. The van der Waals surface area contributed by atoms with Crippen molar-refractivity contribution in [2.45, 2.75) is 18.9 Å². The van der Waals surface area contributed by atoms with Gasteiger partial charge in [0.15, 0.2) is 5.82 Å². The van der Waals surface area contributed by atoms with Gasteiger partial charge in [-0.25, -0.2) is 0 Å². The number of hydrogen-bond acceptors (Lipinski definition) is 6. The highest BCUT2D eigenvalue weighted by Gasteiger charge is 2.20. The first-order valence-corrected chi connectivity index (χ1v) is 9.53. The molecule has 1 saturated heterocycles. The van der Waals surface area contributed by atoms with Gasteiger partial charge < -0.3 is 15.0 Å². The summed E-state index contributed by atoms with van der Waals surface area (Å²) >= 11 is 0. The van der Waals surface area contributed by atoms with E-state index in [-0.39, 0.29) is 0 Å². The monoisotopic (exact) mass is 376 g/mol. The minimum absolute atomic E-state index is 0.365. The van der Waals surface area contributed by atoms with Gasteiger partial charge in [-0.15, -0.1) is 10.2 Å². The predicted octanol–water partition coefficient (Wildman–Crippen LogP) is 3.62. The van der Waals surface area contributed by atoms with Crippen LogP contribution >= 0.6 is 0 Å². The van der Waals surface area contributed by atoms with Gasteiger partial charge in [0.2, 0.25) is 0 Å². The minimum Gasteiger partial charge on any atom is -0.496 e. The van der Waals surface area contributed by atoms with Crippen LogP contribution in [-0.2, 0) is 0 Å². The normalized spacial score (nSPS) is 17.4. The number of fused-ring (bicyclic) bond motifs is 1. The Morgan fingerprint density at radius 3 is 2.75 bits per heavy atom. The third-order valence-corrected chi connectivity index (χ3v) is 5.27. The van der Waals surface area contributed by atoms with Crippen molar-refractivity contribution < 1.29 is 9.53 Å². The standard InChI is InChI=1S/C22H24N4O2/c1-26-11-5-6-16(13-26)23-22-18-8-4-3-7-17(18)21(24-25-22)19-10-9-15(14-27)12-20(19)28-2/h3-4,7-10,12,14,16H,5-6,11,13H2,1-2H3,(H,23,25). The van der Waals surface area contributed by atoms with Crippen molar-refractivity contribution in [2.75, 3.05) is 32.6 Å². The average Bonchev–Trinajstić information content (AvgIpc) is 2.74. The fourth-order valence-corrected chi connectivity index (χ4v) is 3.86. The van der Waals surface area contributed by atoms with E-state index in [9.17, 15) is 4.79 Å². The first kappa shape index (κ1) is 18.4. The Kier molecular flexibility index (Phi) is 5.21. The predicted molar refractivity (Wildman–Crippen MR) is 111 cm³/mol. The van der Waals surface area contributed by atoms with Crippen molar-refractivity contribution >= 4 is 22.9 Å². The Morgan fingerprint density at radius 1 is 1.18 bits per heavy atom. The maximum Gasteiger partial charge on any atom is 0.156 e. The summed E-state index contributed by atoms with van der Waals surface area (Å²) in [7, 11) is 3.74. The zero-order chi connectivity index (χ0) is 19.5. The third kappa shape index (κ3) is 3.55. The van der Waals surface area contributed by atoms with E-state index in [0.717, 1.165) is 53.6 Å². The van der Waals surface area contributed by atoms with Crippen LogP contribution in [0.1, 0.15) is 23.2 Å². The molecule has 0 radical (unpaired) electrons. The third-order valence-electron chi connectivity index (χ3n) is 5.27. The van der Waals surface area contributed by atoms with Gasteiger partial charge in [-0.3, -0.25) is 4.79 Å². The zero-order valence-electron chi connectivity index (χ0n) is 16.2. The molecule has 0 aliphatic carbocycles. The Balaban J connectivity index is 1.77. The van der Waals surface area contributed by atoms with Crippen LogP contribution in [0.15, 0.2) is 42.5 Å². The summed E-state index contributed by atoms with van der Waals surface area (Å²) in [5.74, 6) is 1.42. The second-order valence-electron chi connectivity index (χ2n) is 7.27. The zero-order valence-corrected chi connectivity index (χ0v) is 16.2. The summed E-state index contributed by atoms with van der Waals surface area (Å²) in [6, 6.07) is 13.8. The highest BCUT2D eigenvalue weighted by molar-refractivity contribution is 6.01. The number of methoxy groups -OCH3 is 1. The topological polar surface area (TPSA) is 67.3 Å². The number of carbonyl (C=O) groups excluding carboxylic acids is 1. The molecule has 2 heterocycles. The lowest BCUT2D eigenvalue weighted by molar-refractivity contribution is 0.112. The van der Waals surface area contributed by atoms with Crippen molar-refractivity contribution in [3.05, 3.63) is 48.0 Å². The van der Waals surface area contributed by atoms with Gasteiger partial charge in [0.25, 0.3) is 0 Å². The van der Waals surface area contributed by atoms with Gasteiger partial charge in [0.05, 0.1) is 7.11 Å². The lowest BCUT2D eigenvalue weighted by Gasteiger charge is -2.30. The summed E-state index contributed by atoms with van der Waals surface area (Å²) in [5.41, 5.74) is 2.13. The molecule has 0 spiro atoms. The highest BCUT2D eigenvalue weighted by Crippen LogP contribution is 2.35. The molecule has 1 aliphatic heterocycles. The van der Waals surface area contributed by atoms with E-state index < -0.39 is 0 Å². The second kappa shape index (κ2) is 7.94. The van der Waals surface area contributed by atoms with Crippen LogP contribution < -0.4 is 10.1 Å². The Bertz CT molecular complexity index is 1000. The molecule has 1 unspecified atom stereocenters. The molecule has 1 aromatic heterocycles. The van der Waals surface area contributed by atoms with E-state index in [4.69, 9.17) is 4.74 Å². The number of likely N-dealkylation sites (tertiary alicyclic amines) is 1. The first-order valence-electron chi connectivity index (χ1n) is 9.53. The number of ether oxygens (including phenoxy) is 1. The summed E-state index contributed by atoms with van der Waals surface area (Å²) < 4.78 is 5.51. The number of benzene rings is 2. The number of aromatic nitrogens is 2. The van der Waals surface area contributed by atoms with E-state index in [1.54, 1.807) is 19.2 Å². The van der Waals surface area contributed by atoms with Crippen LogP contribution in [0.4, 0.5) is 5.82 Å². The molecular formula is C22H24N4O2. The number of nitrogens with zero attached hydrogens (tertiary/aromatic N) is 3. The van der Waals surface area contributed by atoms with Crippen LogP contribution in [0.5, 0.6) is 5.75 Å². The molecule has 0 saturated carbocycles. The molecule has 3 aromatic rings. The molecule has 4 rings (SSSR count). The van der Waals surface area contributed by atoms with Gasteiger partial charge in [-0.2, -0.15) is 0 Å². The van der Waals surface area contributed by atoms with Gasteiger partial charge >= 0.3 is 0 Å². The molecule has 1 aliphatic rings. The number of rotatable bonds is 5. The van der Waals surface area contributed by atoms with Crippen LogP contribution in [0.3, 0.4) is 0 Å². The van der Waals surface area contributed by atoms with Crippen LogP contribution in [0.2, 0.25) is 0 Å². The van der Waals surface area contributed by atoms with Crippen LogP contribution in [-0.4, -0.2) is 54.7 Å². The molecule has 28 heavy (non-hydrogen) atoms. The lowest BCUT2D eigenvalue weighted by Crippen LogP contribution is -2.40. The van der Waals surface area contributed by atoms with E-state index >= 15 is 0 Å². The van der Waals surface area contributed by atoms with Gasteiger partial charge in [-0.1, -0.05) is 30.3 Å². The van der Waals surface area contributed by atoms with E-state index in [1.807, 2.05) is 24.3 Å². The SMILES string of the molecule is COc1cc(C=O)ccc1-c1nnc(NC2CCCN(C)C2)c2ccccc12. The largest absolute Gasteiger partial charge is 0.496 e. The Morgan fingerprint density at radius 2 is 2.00 bits per heavy atom. The van der Waals surface area contributed by atoms with Gasteiger partial charge in [-0.05, 0) is 38.6 Å². The van der Waals surface area contributed by atoms with Crippen molar-refractivity contribution in [1.29, 1.82) is 0 Å². The summed E-state index contributed by atoms with van der Waals surface area (Å²) in [4.78, 5) is 13.4. The van der Waals surface area contributed by atoms with E-state index in [1.165, 1.54) is 6.42 Å². The Hall–Kier alpha value is -2.99. The highest BCUT2D eigenvalue weighted by atomic mass is 16.5. The molecule has 1 atom stereocenters. The van der Waals surface area contributed by atoms with Crippen LogP contribution in [0.25, 0.3) is 22.0 Å². The van der Waals surface area contributed by atoms with E-state index in [2.05, 4.69) is 33.5 Å². The second-order valence-corrected chi connectivity index (χ2v) is 7.27. The van der Waals surface area contributed by atoms with E-state index in [0.29, 0.717) is 17.4 Å². The number of anilines is 1. The number of likely N-dealkylation sites (N-methyl/N-ethyl adjacent to an activating group) is 1. The molecule has 1 N–H and O–H groups in total. The molecule has 2 aromatic carbocycles. The number of aldehydes is 1. The number of nitrogens with one attached hydrogen (secondary N) is 1. The molecular weight excluding hydrogens is 352 g/mol. The molecule has 0 amide bonds. The molecule has 1 fully saturated rings. The maximum absolute atomic E-state index is 11.1. The molecule has 144 valence electrons. The first-order chi connectivity index (χ1) is 13.7. The Labute approximate surface area is 164 Å². The summed E-state index contributed by atoms with van der Waals surface area (Å²) in [6.07, 6.45) is 3.12. The van der Waals surface area contributed by atoms with Crippen molar-refractivity contribution in [3.8, 4) is 17.0 Å². The smallest absolute Gasteiger partial charge is 0.156 e. The van der Waals surface area contributed by atoms with Gasteiger partial charge in [0, 0.05) is 34.5 Å². The summed E-state index contributed by atoms with van der Waals surface area (Å²) in [6.45, 7) is 2.14. The fourth-order valence-electron chi connectivity index (χ4n) is 3.86. The number of carbonyl (C=O) groups is 1. The van der Waals surface area contributed by atoms with Crippen LogP contribution in [0, 0.1) is 0 Å². The average molecular weight is 376 g/mol. The number of piperidine rings is 1. The molecule has 0 bridgehead atoms. The van der Waals surface area contributed by atoms with Crippen molar-refractivity contribution in [1.82, 2.24) is 15.1 Å². The fraction of sp³-hybridized carbons (Fsp3) is 0.318. The molecule has 6 heteroatoms. The molecule has 6 nitrogen and oxygen atoms in total. The van der Waals surface area contributed by atoms with Gasteiger partial charge in [0.1, 0.15) is 17.7 Å². The summed E-state index contributed by atoms with van der Waals surface area (Å²) in [5, 5.41) is 14.7. The number of hydrogen-bond donors (Lipinski definition) is 1. The van der Waals surface area contributed by atoms with Crippen molar-refractivity contribution in [2.24, 2.45) is 0 Å². The lowest BCUT2D eigenvalue weighted by atomic mass is 10.0. The maximum atomic E-state index is 11.1. The van der Waals surface area contributed by atoms with Crippen molar-refractivity contribution in [3.63, 3.8) is 0 Å². The minimum atomic E-state index is 0.365.